The first-order valence-corrected chi connectivity index (χ1v) is 7.92. The molecule has 7 nitrogen and oxygen atoms in total. The number of amides is 1. The summed E-state index contributed by atoms with van der Waals surface area (Å²) < 4.78 is 5.01. The van der Waals surface area contributed by atoms with Crippen molar-refractivity contribution in [3.05, 3.63) is 75.3 Å². The molecule has 1 atom stereocenters. The van der Waals surface area contributed by atoms with Gasteiger partial charge >= 0.3 is 5.97 Å². The fourth-order valence-electron chi connectivity index (χ4n) is 1.95. The van der Waals surface area contributed by atoms with E-state index in [9.17, 15) is 19.7 Å². The highest BCUT2D eigenvalue weighted by atomic mass is 35.5. The van der Waals surface area contributed by atoms with E-state index in [1.54, 1.807) is 30.3 Å². The lowest BCUT2D eigenvalue weighted by Gasteiger charge is -2.12. The third-order valence-electron chi connectivity index (χ3n) is 3.27. The highest BCUT2D eigenvalue weighted by Crippen LogP contribution is 2.15. The molecule has 2 aromatic rings. The molecule has 8 heteroatoms. The monoisotopic (exact) mass is 374 g/mol. The van der Waals surface area contributed by atoms with Gasteiger partial charge in [-0.3, -0.25) is 14.9 Å². The maximum Gasteiger partial charge on any atom is 0.331 e. The van der Waals surface area contributed by atoms with E-state index in [0.717, 1.165) is 6.08 Å². The number of nitrogens with one attached hydrogen (secondary N) is 1. The van der Waals surface area contributed by atoms with Crippen LogP contribution in [-0.4, -0.2) is 22.9 Å². The maximum absolute atomic E-state index is 12.0. The van der Waals surface area contributed by atoms with Gasteiger partial charge in [-0.15, -0.1) is 0 Å². The van der Waals surface area contributed by atoms with Crippen molar-refractivity contribution in [1.29, 1.82) is 0 Å². The van der Waals surface area contributed by atoms with Gasteiger partial charge in [-0.1, -0.05) is 23.7 Å². The van der Waals surface area contributed by atoms with E-state index in [4.69, 9.17) is 16.3 Å². The van der Waals surface area contributed by atoms with E-state index >= 15 is 0 Å². The number of ether oxygens (including phenoxy) is 1. The second-order valence-corrected chi connectivity index (χ2v) is 5.70. The van der Waals surface area contributed by atoms with Crippen molar-refractivity contribution in [2.24, 2.45) is 0 Å². The van der Waals surface area contributed by atoms with Gasteiger partial charge in [0, 0.05) is 28.9 Å². The molecule has 0 fully saturated rings. The number of anilines is 1. The van der Waals surface area contributed by atoms with E-state index in [0.29, 0.717) is 16.3 Å². The summed E-state index contributed by atoms with van der Waals surface area (Å²) in [7, 11) is 0. The molecule has 1 amide bonds. The number of carbonyl (C=O) groups excluding carboxylic acids is 2. The minimum absolute atomic E-state index is 0.0868. The minimum Gasteiger partial charge on any atom is -0.449 e. The number of nitrogens with zero attached hydrogens (tertiary/aromatic N) is 1. The molecule has 0 spiro atoms. The zero-order valence-electron chi connectivity index (χ0n) is 13.7. The SMILES string of the molecule is C[C@@H](OC(=O)/C=C/c1cccc([N+](=O)[O-])c1)C(=O)Nc1ccc(Cl)cc1. The fourth-order valence-corrected chi connectivity index (χ4v) is 2.08. The molecule has 0 aliphatic rings. The molecule has 2 rings (SSSR count). The van der Waals surface area contributed by atoms with Crippen molar-refractivity contribution in [3.8, 4) is 0 Å². The summed E-state index contributed by atoms with van der Waals surface area (Å²) >= 11 is 5.76. The zero-order chi connectivity index (χ0) is 19.1. The summed E-state index contributed by atoms with van der Waals surface area (Å²) in [4.78, 5) is 34.0. The molecule has 0 aromatic heterocycles. The first-order valence-electron chi connectivity index (χ1n) is 7.55. The van der Waals surface area contributed by atoms with Gasteiger partial charge in [0.15, 0.2) is 6.10 Å². The lowest BCUT2D eigenvalue weighted by molar-refractivity contribution is -0.384. The Morgan fingerprint density at radius 1 is 1.23 bits per heavy atom. The molecule has 0 radical (unpaired) electrons. The van der Waals surface area contributed by atoms with Gasteiger partial charge in [0.1, 0.15) is 0 Å². The van der Waals surface area contributed by atoms with Crippen LogP contribution in [0.5, 0.6) is 0 Å². The van der Waals surface area contributed by atoms with Gasteiger partial charge in [-0.25, -0.2) is 4.79 Å². The Balaban J connectivity index is 1.91. The lowest BCUT2D eigenvalue weighted by atomic mass is 10.2. The number of nitro benzene ring substituents is 1. The number of rotatable bonds is 6. The summed E-state index contributed by atoms with van der Waals surface area (Å²) in [6.45, 7) is 1.43. The molecular weight excluding hydrogens is 360 g/mol. The first kappa shape index (κ1) is 19.1. The summed E-state index contributed by atoms with van der Waals surface area (Å²) in [5, 5.41) is 13.8. The van der Waals surface area contributed by atoms with Gasteiger partial charge in [0.05, 0.1) is 4.92 Å². The molecule has 0 saturated heterocycles. The lowest BCUT2D eigenvalue weighted by Crippen LogP contribution is -2.29. The van der Waals surface area contributed by atoms with E-state index in [1.165, 1.54) is 31.2 Å². The van der Waals surface area contributed by atoms with Gasteiger partial charge in [0.2, 0.25) is 0 Å². The predicted molar refractivity (Wildman–Crippen MR) is 97.8 cm³/mol. The summed E-state index contributed by atoms with van der Waals surface area (Å²) in [5.74, 6) is -1.24. The summed E-state index contributed by atoms with van der Waals surface area (Å²) in [6.07, 6.45) is 1.46. The third kappa shape index (κ3) is 5.71. The molecule has 0 aliphatic heterocycles. The number of hydrogen-bond acceptors (Lipinski definition) is 5. The molecule has 1 N–H and O–H groups in total. The van der Waals surface area contributed by atoms with Gasteiger partial charge in [-0.05, 0) is 42.8 Å². The summed E-state index contributed by atoms with van der Waals surface area (Å²) in [5.41, 5.74) is 0.903. The molecule has 26 heavy (non-hydrogen) atoms. The Hall–Kier alpha value is -3.19. The predicted octanol–water partition coefficient (Wildman–Crippen LogP) is 3.83. The topological polar surface area (TPSA) is 98.5 Å². The van der Waals surface area contributed by atoms with Crippen molar-refractivity contribution < 1.29 is 19.2 Å². The van der Waals surface area contributed by atoms with Crippen LogP contribution in [0.3, 0.4) is 0 Å². The second-order valence-electron chi connectivity index (χ2n) is 5.26. The van der Waals surface area contributed by atoms with Gasteiger partial charge in [0.25, 0.3) is 11.6 Å². The number of nitro groups is 1. The Morgan fingerprint density at radius 3 is 2.58 bits per heavy atom. The van der Waals surface area contributed by atoms with E-state index in [2.05, 4.69) is 5.32 Å². The average Bonchev–Trinajstić information content (AvgIpc) is 2.62. The van der Waals surface area contributed by atoms with Crippen molar-refractivity contribution in [1.82, 2.24) is 0 Å². The molecular formula is C18H15ClN2O5. The number of carbonyl (C=O) groups is 2. The van der Waals surface area contributed by atoms with Crippen molar-refractivity contribution >= 4 is 40.9 Å². The largest absolute Gasteiger partial charge is 0.449 e. The number of hydrogen-bond donors (Lipinski definition) is 1. The van der Waals surface area contributed by atoms with Gasteiger partial charge in [-0.2, -0.15) is 0 Å². The summed E-state index contributed by atoms with van der Waals surface area (Å²) in [6, 6.07) is 12.3. The van der Waals surface area contributed by atoms with Crippen LogP contribution >= 0.6 is 11.6 Å². The Kier molecular flexibility index (Phi) is 6.46. The molecule has 0 unspecified atom stereocenters. The standard InChI is InChI=1S/C18H15ClN2O5/c1-12(18(23)20-15-8-6-14(19)7-9-15)26-17(22)10-5-13-3-2-4-16(11-13)21(24)25/h2-12H,1H3,(H,20,23)/b10-5+/t12-/m1/s1. The smallest absolute Gasteiger partial charge is 0.331 e. The number of halogens is 1. The highest BCUT2D eigenvalue weighted by molar-refractivity contribution is 6.30. The number of esters is 1. The molecule has 0 bridgehead atoms. The molecule has 2 aromatic carbocycles. The fraction of sp³-hybridized carbons (Fsp3) is 0.111. The van der Waals surface area contributed by atoms with Crippen molar-refractivity contribution in [3.63, 3.8) is 0 Å². The number of benzene rings is 2. The first-order chi connectivity index (χ1) is 12.3. The van der Waals surface area contributed by atoms with Crippen LogP contribution in [0.25, 0.3) is 6.08 Å². The Morgan fingerprint density at radius 2 is 1.92 bits per heavy atom. The van der Waals surface area contributed by atoms with E-state index in [1.807, 2.05) is 0 Å². The van der Waals surface area contributed by atoms with Crippen LogP contribution in [0.1, 0.15) is 12.5 Å². The second kappa shape index (κ2) is 8.77. The third-order valence-corrected chi connectivity index (χ3v) is 3.52. The van der Waals surface area contributed by atoms with Crippen LogP contribution in [0, 0.1) is 10.1 Å². The van der Waals surface area contributed by atoms with Crippen LogP contribution < -0.4 is 5.32 Å². The van der Waals surface area contributed by atoms with Crippen LogP contribution in [0.15, 0.2) is 54.6 Å². The molecule has 0 aliphatic carbocycles. The van der Waals surface area contributed by atoms with E-state index < -0.39 is 22.9 Å². The molecule has 0 heterocycles. The van der Waals surface area contributed by atoms with Crippen LogP contribution in [0.4, 0.5) is 11.4 Å². The Bertz CT molecular complexity index is 849. The van der Waals surface area contributed by atoms with Crippen LogP contribution in [0.2, 0.25) is 5.02 Å². The number of non-ortho nitro benzene ring substituents is 1. The Labute approximate surface area is 154 Å². The minimum atomic E-state index is -1.02. The maximum atomic E-state index is 12.0. The molecule has 0 saturated carbocycles. The zero-order valence-corrected chi connectivity index (χ0v) is 14.5. The highest BCUT2D eigenvalue weighted by Gasteiger charge is 2.16. The van der Waals surface area contributed by atoms with Crippen molar-refractivity contribution in [2.45, 2.75) is 13.0 Å². The molecule has 134 valence electrons. The van der Waals surface area contributed by atoms with Crippen molar-refractivity contribution in [2.75, 3.05) is 5.32 Å². The van der Waals surface area contributed by atoms with Gasteiger partial charge < -0.3 is 10.1 Å². The average molecular weight is 375 g/mol. The van der Waals surface area contributed by atoms with E-state index in [-0.39, 0.29) is 5.69 Å². The normalized spacial score (nSPS) is 11.8. The quantitative estimate of drug-likeness (QED) is 0.358. The van der Waals surface area contributed by atoms with Crippen LogP contribution in [-0.2, 0) is 14.3 Å².